The van der Waals surface area contributed by atoms with Gasteiger partial charge in [0.25, 0.3) is 0 Å². The lowest BCUT2D eigenvalue weighted by atomic mass is 10.2. The number of aromatic nitrogens is 2. The van der Waals surface area contributed by atoms with Crippen molar-refractivity contribution < 1.29 is 0 Å². The van der Waals surface area contributed by atoms with Crippen molar-refractivity contribution in [3.05, 3.63) is 47.7 Å². The van der Waals surface area contributed by atoms with Gasteiger partial charge >= 0.3 is 0 Å². The first kappa shape index (κ1) is 11.5. The van der Waals surface area contributed by atoms with E-state index in [2.05, 4.69) is 29.3 Å². The quantitative estimate of drug-likeness (QED) is 0.873. The zero-order valence-corrected chi connectivity index (χ0v) is 10.1. The number of nitrogens with two attached hydrogens (primary N) is 1. The summed E-state index contributed by atoms with van der Waals surface area (Å²) in [5.41, 5.74) is 8.61. The minimum atomic E-state index is 0.418. The topological polar surface area (TPSA) is 55.0 Å². The van der Waals surface area contributed by atoms with E-state index in [-0.39, 0.29) is 0 Å². The number of aryl methyl sites for hydroxylation is 1. The summed E-state index contributed by atoms with van der Waals surface area (Å²) in [6.07, 6.45) is 0. The summed E-state index contributed by atoms with van der Waals surface area (Å²) in [6, 6.07) is 12.1. The summed E-state index contributed by atoms with van der Waals surface area (Å²) >= 11 is 0. The highest BCUT2D eigenvalue weighted by molar-refractivity contribution is 5.59. The van der Waals surface area contributed by atoms with Gasteiger partial charge in [-0.1, -0.05) is 12.1 Å². The van der Waals surface area contributed by atoms with Crippen molar-refractivity contribution in [2.75, 3.05) is 11.9 Å². The second-order valence-corrected chi connectivity index (χ2v) is 3.99. The Morgan fingerprint density at radius 1 is 1.18 bits per heavy atom. The lowest BCUT2D eigenvalue weighted by molar-refractivity contribution is 0.887. The Bertz CT molecular complexity index is 493. The van der Waals surface area contributed by atoms with Gasteiger partial charge in [0, 0.05) is 19.3 Å². The standard InChI is InChI=1S/C13H16N4/c1-10-4-3-5-12(8-10)17(2)13-7-6-11(9-14)15-16-13/h3-8H,9,14H2,1-2H3. The van der Waals surface area contributed by atoms with Crippen molar-refractivity contribution in [3.63, 3.8) is 0 Å². The van der Waals surface area contributed by atoms with E-state index >= 15 is 0 Å². The molecule has 0 saturated carbocycles. The zero-order chi connectivity index (χ0) is 12.3. The molecule has 2 N–H and O–H groups in total. The second-order valence-electron chi connectivity index (χ2n) is 3.99. The van der Waals surface area contributed by atoms with Crippen LogP contribution in [0.4, 0.5) is 11.5 Å². The van der Waals surface area contributed by atoms with Crippen LogP contribution in [0.3, 0.4) is 0 Å². The van der Waals surface area contributed by atoms with E-state index in [4.69, 9.17) is 5.73 Å². The molecular weight excluding hydrogens is 212 g/mol. The molecule has 0 spiro atoms. The summed E-state index contributed by atoms with van der Waals surface area (Å²) in [5.74, 6) is 0.813. The molecule has 0 saturated heterocycles. The Hall–Kier alpha value is -1.94. The maximum absolute atomic E-state index is 5.49. The molecular formula is C13H16N4. The van der Waals surface area contributed by atoms with Gasteiger partial charge in [0.1, 0.15) is 0 Å². The fraction of sp³-hybridized carbons (Fsp3) is 0.231. The van der Waals surface area contributed by atoms with Crippen molar-refractivity contribution in [2.45, 2.75) is 13.5 Å². The molecule has 1 aromatic heterocycles. The Morgan fingerprint density at radius 3 is 2.59 bits per heavy atom. The molecule has 4 heteroatoms. The van der Waals surface area contributed by atoms with Crippen molar-refractivity contribution in [2.24, 2.45) is 5.73 Å². The van der Waals surface area contributed by atoms with Crippen LogP contribution in [0.5, 0.6) is 0 Å². The van der Waals surface area contributed by atoms with E-state index in [1.165, 1.54) is 5.56 Å². The van der Waals surface area contributed by atoms with Gasteiger partial charge in [-0.05, 0) is 36.8 Å². The van der Waals surface area contributed by atoms with E-state index in [1.54, 1.807) is 0 Å². The molecule has 1 heterocycles. The highest BCUT2D eigenvalue weighted by Gasteiger charge is 2.05. The van der Waals surface area contributed by atoms with Gasteiger partial charge in [-0.25, -0.2) is 0 Å². The third kappa shape index (κ3) is 2.60. The van der Waals surface area contributed by atoms with E-state index in [0.717, 1.165) is 17.2 Å². The molecule has 0 radical (unpaired) electrons. The predicted molar refractivity (Wildman–Crippen MR) is 69.2 cm³/mol. The fourth-order valence-electron chi connectivity index (χ4n) is 1.61. The van der Waals surface area contributed by atoms with E-state index in [9.17, 15) is 0 Å². The average molecular weight is 228 g/mol. The number of anilines is 2. The first-order chi connectivity index (χ1) is 8.20. The number of hydrogen-bond donors (Lipinski definition) is 1. The molecule has 0 aliphatic heterocycles. The summed E-state index contributed by atoms with van der Waals surface area (Å²) in [6.45, 7) is 2.49. The zero-order valence-electron chi connectivity index (χ0n) is 10.1. The molecule has 0 bridgehead atoms. The number of benzene rings is 1. The molecule has 0 amide bonds. The Balaban J connectivity index is 2.27. The lowest BCUT2D eigenvalue weighted by Gasteiger charge is -2.18. The highest BCUT2D eigenvalue weighted by atomic mass is 15.2. The highest BCUT2D eigenvalue weighted by Crippen LogP contribution is 2.21. The molecule has 0 aliphatic rings. The molecule has 0 unspecified atom stereocenters. The van der Waals surface area contributed by atoms with Crippen LogP contribution in [0.25, 0.3) is 0 Å². The monoisotopic (exact) mass is 228 g/mol. The predicted octanol–water partition coefficient (Wildman–Crippen LogP) is 2.01. The summed E-state index contributed by atoms with van der Waals surface area (Å²) in [7, 11) is 1.97. The van der Waals surface area contributed by atoms with Crippen molar-refractivity contribution in [3.8, 4) is 0 Å². The first-order valence-corrected chi connectivity index (χ1v) is 5.54. The largest absolute Gasteiger partial charge is 0.328 e. The van der Waals surface area contributed by atoms with Gasteiger partial charge in [0.15, 0.2) is 5.82 Å². The Kier molecular flexibility index (Phi) is 3.35. The molecule has 0 fully saturated rings. The van der Waals surface area contributed by atoms with Crippen molar-refractivity contribution in [1.29, 1.82) is 0 Å². The van der Waals surface area contributed by atoms with Crippen molar-refractivity contribution in [1.82, 2.24) is 10.2 Å². The lowest BCUT2D eigenvalue weighted by Crippen LogP contribution is -2.13. The maximum Gasteiger partial charge on any atom is 0.155 e. The van der Waals surface area contributed by atoms with Crippen LogP contribution in [-0.4, -0.2) is 17.2 Å². The molecule has 4 nitrogen and oxygen atoms in total. The molecule has 17 heavy (non-hydrogen) atoms. The smallest absolute Gasteiger partial charge is 0.155 e. The van der Waals surface area contributed by atoms with Crippen LogP contribution in [0.2, 0.25) is 0 Å². The minimum Gasteiger partial charge on any atom is -0.328 e. The van der Waals surface area contributed by atoms with Crippen molar-refractivity contribution >= 4 is 11.5 Å². The fourth-order valence-corrected chi connectivity index (χ4v) is 1.61. The summed E-state index contributed by atoms with van der Waals surface area (Å²) in [4.78, 5) is 2.00. The van der Waals surface area contributed by atoms with Gasteiger partial charge in [0.05, 0.1) is 5.69 Å². The molecule has 0 atom stereocenters. The van der Waals surface area contributed by atoms with Crippen LogP contribution in [0.1, 0.15) is 11.3 Å². The third-order valence-electron chi connectivity index (χ3n) is 2.65. The maximum atomic E-state index is 5.49. The Morgan fingerprint density at radius 2 is 2.00 bits per heavy atom. The number of hydrogen-bond acceptors (Lipinski definition) is 4. The number of rotatable bonds is 3. The average Bonchev–Trinajstić information content (AvgIpc) is 2.38. The SMILES string of the molecule is Cc1cccc(N(C)c2ccc(CN)nn2)c1. The van der Waals surface area contributed by atoms with Gasteiger partial charge in [0.2, 0.25) is 0 Å². The molecule has 2 rings (SSSR count). The molecule has 0 aliphatic carbocycles. The van der Waals surface area contributed by atoms with Crippen LogP contribution in [0, 0.1) is 6.92 Å². The normalized spacial score (nSPS) is 10.3. The first-order valence-electron chi connectivity index (χ1n) is 5.54. The van der Waals surface area contributed by atoms with Gasteiger partial charge < -0.3 is 10.6 Å². The van der Waals surface area contributed by atoms with E-state index < -0.39 is 0 Å². The molecule has 2 aromatic rings. The summed E-state index contributed by atoms with van der Waals surface area (Å²) in [5, 5.41) is 8.20. The summed E-state index contributed by atoms with van der Waals surface area (Å²) < 4.78 is 0. The van der Waals surface area contributed by atoms with Gasteiger partial charge in [-0.15, -0.1) is 5.10 Å². The third-order valence-corrected chi connectivity index (χ3v) is 2.65. The molecule has 88 valence electrons. The van der Waals surface area contributed by atoms with Gasteiger partial charge in [-0.2, -0.15) is 5.10 Å². The molecule has 1 aromatic carbocycles. The van der Waals surface area contributed by atoms with Crippen LogP contribution in [0.15, 0.2) is 36.4 Å². The minimum absolute atomic E-state index is 0.418. The van der Waals surface area contributed by atoms with Crippen LogP contribution >= 0.6 is 0 Å². The van der Waals surface area contributed by atoms with Crippen LogP contribution in [-0.2, 0) is 6.54 Å². The Labute approximate surface area is 101 Å². The van der Waals surface area contributed by atoms with Gasteiger partial charge in [-0.3, -0.25) is 0 Å². The number of nitrogens with zero attached hydrogens (tertiary/aromatic N) is 3. The second kappa shape index (κ2) is 4.93. The van der Waals surface area contributed by atoms with E-state index in [1.807, 2.05) is 36.2 Å². The van der Waals surface area contributed by atoms with Crippen LogP contribution < -0.4 is 10.6 Å². The van der Waals surface area contributed by atoms with E-state index in [0.29, 0.717) is 6.54 Å².